The molecule has 360 valence electrons. The Morgan fingerprint density at radius 2 is 1.53 bits per heavy atom. The van der Waals surface area contributed by atoms with E-state index < -0.39 is 37.4 Å². The van der Waals surface area contributed by atoms with Crippen LogP contribution in [0.15, 0.2) is 125 Å². The molecule has 0 spiro atoms. The Morgan fingerprint density at radius 1 is 0.838 bits per heavy atom. The Hall–Kier alpha value is -5.98. The van der Waals surface area contributed by atoms with Gasteiger partial charge >= 0.3 is 5.97 Å². The molecule has 1 unspecified atom stereocenters. The van der Waals surface area contributed by atoms with E-state index in [1.165, 1.54) is 29.8 Å². The zero-order valence-corrected chi connectivity index (χ0v) is 40.6. The number of amides is 2. The highest BCUT2D eigenvalue weighted by molar-refractivity contribution is 7.99. The summed E-state index contributed by atoms with van der Waals surface area (Å²) in [6.45, 7) is 4.01. The third kappa shape index (κ3) is 15.3. The lowest BCUT2D eigenvalue weighted by Crippen LogP contribution is -2.46. The number of thioether (sulfide) groups is 1. The van der Waals surface area contributed by atoms with Crippen LogP contribution in [0.3, 0.4) is 0 Å². The minimum atomic E-state index is -4.61. The van der Waals surface area contributed by atoms with Gasteiger partial charge in [0.2, 0.25) is 5.91 Å². The summed E-state index contributed by atoms with van der Waals surface area (Å²) in [6.07, 6.45) is 3.25. The van der Waals surface area contributed by atoms with Crippen LogP contribution < -0.4 is 20.3 Å². The van der Waals surface area contributed by atoms with Gasteiger partial charge in [-0.05, 0) is 111 Å². The quantitative estimate of drug-likeness (QED) is 0.0198. The van der Waals surface area contributed by atoms with Gasteiger partial charge in [-0.15, -0.1) is 11.8 Å². The molecule has 0 bridgehead atoms. The maximum atomic E-state index is 13.8. The van der Waals surface area contributed by atoms with E-state index in [-0.39, 0.29) is 36.0 Å². The molecule has 0 aliphatic carbocycles. The fourth-order valence-corrected chi connectivity index (χ4v) is 9.99. The first-order valence-electron chi connectivity index (χ1n) is 22.6. The molecule has 1 fully saturated rings. The number of sulfonamides is 1. The van der Waals surface area contributed by atoms with Gasteiger partial charge in [0.1, 0.15) is 5.69 Å². The highest BCUT2D eigenvalue weighted by Crippen LogP contribution is 2.33. The van der Waals surface area contributed by atoms with Gasteiger partial charge < -0.3 is 25.5 Å². The number of halogens is 1. The molecule has 1 aliphatic heterocycles. The molecule has 0 radical (unpaired) electrons. The van der Waals surface area contributed by atoms with Crippen LogP contribution in [0.25, 0.3) is 11.1 Å². The maximum absolute atomic E-state index is 13.8. The Kier molecular flexibility index (Phi) is 18.8. The van der Waals surface area contributed by atoms with Crippen molar-refractivity contribution < 1.29 is 32.8 Å². The predicted molar refractivity (Wildman–Crippen MR) is 270 cm³/mol. The van der Waals surface area contributed by atoms with Gasteiger partial charge in [0.15, 0.2) is 0 Å². The number of nitro groups is 1. The number of aliphatic carboxylic acids is 1. The van der Waals surface area contributed by atoms with Crippen molar-refractivity contribution in [3.05, 3.63) is 142 Å². The van der Waals surface area contributed by atoms with E-state index in [0.717, 1.165) is 22.1 Å². The van der Waals surface area contributed by atoms with Crippen LogP contribution in [0.2, 0.25) is 5.02 Å². The minimum absolute atomic E-state index is 0.0498. The summed E-state index contributed by atoms with van der Waals surface area (Å²) in [4.78, 5) is 56.8. The molecule has 15 nitrogen and oxygen atoms in total. The van der Waals surface area contributed by atoms with Crippen LogP contribution in [-0.2, 0) is 26.2 Å². The van der Waals surface area contributed by atoms with Gasteiger partial charge in [-0.1, -0.05) is 79.0 Å². The standard InChI is InChI=1S/C50H58ClN7O8S2/c1-55(2)27-26-40(35-67-41-13-6-5-7-14-41)52-44-24-23-42(33-47(44)58(63)64)68(65,66)54-50(62)37-20-25-46(45(32-37)53-48(59)16-8-3-4-9-17-49(60)61)57-30-28-56(29-31-57)34-38-12-10-11-15-43(38)36-18-21-39(51)22-19-36/h5-7,10-15,18-25,32-33,40,52H,3-4,8-9,16-17,26-31,34-35H2,1-2H3,(H,53,59)(H,54,62)(H,60,61). The van der Waals surface area contributed by atoms with E-state index in [9.17, 15) is 32.9 Å². The van der Waals surface area contributed by atoms with Crippen molar-refractivity contribution in [2.75, 3.05) is 68.1 Å². The molecular weight excluding hydrogens is 926 g/mol. The van der Waals surface area contributed by atoms with Crippen LogP contribution >= 0.6 is 23.4 Å². The van der Waals surface area contributed by atoms with Crippen LogP contribution in [0.1, 0.15) is 60.9 Å². The number of nitrogens with zero attached hydrogens (tertiary/aromatic N) is 4. The summed E-state index contributed by atoms with van der Waals surface area (Å²) < 4.78 is 29.6. The van der Waals surface area contributed by atoms with E-state index in [2.05, 4.69) is 37.3 Å². The van der Waals surface area contributed by atoms with Crippen molar-refractivity contribution in [2.45, 2.75) is 67.3 Å². The van der Waals surface area contributed by atoms with Gasteiger partial charge in [-0.2, -0.15) is 0 Å². The number of benzene rings is 5. The summed E-state index contributed by atoms with van der Waals surface area (Å²) in [5, 5.41) is 28.2. The number of unbranched alkanes of at least 4 members (excludes halogenated alkanes) is 3. The molecule has 5 aromatic carbocycles. The molecule has 68 heavy (non-hydrogen) atoms. The zero-order chi connectivity index (χ0) is 48.6. The van der Waals surface area contributed by atoms with Crippen molar-refractivity contribution in [2.24, 2.45) is 0 Å². The fourth-order valence-electron chi connectivity index (χ4n) is 7.87. The lowest BCUT2D eigenvalue weighted by molar-refractivity contribution is -0.384. The predicted octanol–water partition coefficient (Wildman–Crippen LogP) is 9.24. The Bertz CT molecular complexity index is 2630. The number of carboxylic acids is 1. The number of carboxylic acid groups (broad SMARTS) is 1. The Balaban J connectivity index is 1.17. The molecule has 1 saturated heterocycles. The average Bonchev–Trinajstić information content (AvgIpc) is 3.31. The minimum Gasteiger partial charge on any atom is -0.481 e. The SMILES string of the molecule is CN(C)CCC(CSc1ccccc1)Nc1ccc(S(=O)(=O)NC(=O)c2ccc(N3CCN(Cc4ccccc4-c4ccc(Cl)cc4)CC3)c(NC(=O)CCCCCCC(=O)O)c2)cc1[N+](=O)[O-]. The first-order chi connectivity index (χ1) is 32.6. The number of nitro benzene ring substituents is 1. The van der Waals surface area contributed by atoms with E-state index in [1.54, 1.807) is 17.8 Å². The van der Waals surface area contributed by atoms with Crippen molar-refractivity contribution in [3.63, 3.8) is 0 Å². The van der Waals surface area contributed by atoms with Gasteiger partial charge in [0.25, 0.3) is 21.6 Å². The van der Waals surface area contributed by atoms with Crippen molar-refractivity contribution >= 4 is 73.9 Å². The Morgan fingerprint density at radius 3 is 2.22 bits per heavy atom. The summed E-state index contributed by atoms with van der Waals surface area (Å²) in [6, 6.07) is 33.7. The lowest BCUT2D eigenvalue weighted by atomic mass is 9.99. The summed E-state index contributed by atoms with van der Waals surface area (Å²) in [7, 11) is -0.733. The third-order valence-electron chi connectivity index (χ3n) is 11.5. The second-order valence-corrected chi connectivity index (χ2v) is 20.2. The second-order valence-electron chi connectivity index (χ2n) is 16.9. The molecule has 6 rings (SSSR count). The number of nitrogens with one attached hydrogen (secondary N) is 3. The molecule has 18 heteroatoms. The number of carbonyl (C=O) groups excluding carboxylic acids is 2. The van der Waals surface area contributed by atoms with Crippen LogP contribution in [-0.4, -0.2) is 105 Å². The number of hydrogen-bond donors (Lipinski definition) is 4. The average molecular weight is 985 g/mol. The van der Waals surface area contributed by atoms with Gasteiger partial charge in [0, 0.05) is 78.9 Å². The number of carbonyl (C=O) groups is 3. The molecule has 1 aliphatic rings. The molecule has 0 saturated carbocycles. The molecule has 0 aromatic heterocycles. The second kappa shape index (κ2) is 24.9. The molecule has 1 atom stereocenters. The lowest BCUT2D eigenvalue weighted by Gasteiger charge is -2.37. The van der Waals surface area contributed by atoms with E-state index >= 15 is 0 Å². The van der Waals surface area contributed by atoms with E-state index in [1.807, 2.05) is 85.7 Å². The summed E-state index contributed by atoms with van der Waals surface area (Å²) in [5.74, 6) is -1.56. The van der Waals surface area contributed by atoms with E-state index in [0.29, 0.717) is 93.5 Å². The first kappa shape index (κ1) is 51.4. The number of rotatable bonds is 24. The monoisotopic (exact) mass is 983 g/mol. The summed E-state index contributed by atoms with van der Waals surface area (Å²) in [5.41, 5.74) is 3.99. The molecule has 2 amide bonds. The molecule has 4 N–H and O–H groups in total. The van der Waals surface area contributed by atoms with E-state index in [4.69, 9.17) is 16.7 Å². The number of hydrogen-bond acceptors (Lipinski definition) is 12. The molecule has 5 aromatic rings. The zero-order valence-electron chi connectivity index (χ0n) is 38.2. The highest BCUT2D eigenvalue weighted by Gasteiger charge is 2.27. The topological polar surface area (TPSA) is 195 Å². The summed E-state index contributed by atoms with van der Waals surface area (Å²) >= 11 is 7.77. The molecule has 1 heterocycles. The van der Waals surface area contributed by atoms with Crippen LogP contribution in [0, 0.1) is 10.1 Å². The third-order valence-corrected chi connectivity index (χ3v) is 14.3. The Labute approximate surface area is 407 Å². The first-order valence-corrected chi connectivity index (χ1v) is 25.4. The van der Waals surface area contributed by atoms with Crippen molar-refractivity contribution in [3.8, 4) is 11.1 Å². The largest absolute Gasteiger partial charge is 0.481 e. The maximum Gasteiger partial charge on any atom is 0.303 e. The van der Waals surface area contributed by atoms with Crippen LogP contribution in [0.4, 0.5) is 22.7 Å². The van der Waals surface area contributed by atoms with Gasteiger partial charge in [0.05, 0.1) is 21.2 Å². The smallest absolute Gasteiger partial charge is 0.303 e. The van der Waals surface area contributed by atoms with Crippen LogP contribution in [0.5, 0.6) is 0 Å². The fraction of sp³-hybridized carbons (Fsp3) is 0.340. The van der Waals surface area contributed by atoms with Gasteiger partial charge in [-0.3, -0.25) is 29.4 Å². The molecular formula is C50H58ClN7O8S2. The highest BCUT2D eigenvalue weighted by atomic mass is 35.5. The number of piperazine rings is 1. The van der Waals surface area contributed by atoms with Crippen molar-refractivity contribution in [1.29, 1.82) is 0 Å². The van der Waals surface area contributed by atoms with Gasteiger partial charge in [-0.25, -0.2) is 13.1 Å². The number of anilines is 3. The normalized spacial score (nSPS) is 13.5. The van der Waals surface area contributed by atoms with Crippen molar-refractivity contribution in [1.82, 2.24) is 14.5 Å².